The highest BCUT2D eigenvalue weighted by Gasteiger charge is 2.21. The van der Waals surface area contributed by atoms with E-state index in [0.717, 1.165) is 24.2 Å². The highest BCUT2D eigenvalue weighted by Crippen LogP contribution is 2.23. The molecule has 0 radical (unpaired) electrons. The van der Waals surface area contributed by atoms with Crippen molar-refractivity contribution in [2.75, 3.05) is 23.3 Å². The molecule has 2 aromatic carbocycles. The van der Waals surface area contributed by atoms with Gasteiger partial charge in [0.2, 0.25) is 11.8 Å². The highest BCUT2D eigenvalue weighted by molar-refractivity contribution is 5.96. The molecule has 29 heavy (non-hydrogen) atoms. The number of nitrogens with zero attached hydrogens (tertiary/aromatic N) is 1. The first kappa shape index (κ1) is 20.4. The van der Waals surface area contributed by atoms with Crippen molar-refractivity contribution in [2.24, 2.45) is 0 Å². The molecule has 2 aromatic rings. The van der Waals surface area contributed by atoms with Gasteiger partial charge in [0.25, 0.3) is 0 Å². The van der Waals surface area contributed by atoms with E-state index in [4.69, 9.17) is 4.74 Å². The molecule has 7 nitrogen and oxygen atoms in total. The Morgan fingerprint density at radius 2 is 1.79 bits per heavy atom. The average Bonchev–Trinajstić information content (AvgIpc) is 3.17. The monoisotopic (exact) mass is 395 g/mol. The van der Waals surface area contributed by atoms with Crippen molar-refractivity contribution in [1.82, 2.24) is 5.32 Å². The summed E-state index contributed by atoms with van der Waals surface area (Å²) in [5, 5.41) is 5.46. The molecule has 1 heterocycles. The lowest BCUT2D eigenvalue weighted by molar-refractivity contribution is -0.117. The Bertz CT molecular complexity index is 837. The third kappa shape index (κ3) is 6.34. The Labute approximate surface area is 170 Å². The molecule has 0 bridgehead atoms. The quantitative estimate of drug-likeness (QED) is 0.670. The van der Waals surface area contributed by atoms with Crippen LogP contribution >= 0.6 is 0 Å². The predicted octanol–water partition coefficient (Wildman–Crippen LogP) is 3.46. The Hall–Kier alpha value is -3.35. The van der Waals surface area contributed by atoms with Crippen molar-refractivity contribution in [3.8, 4) is 0 Å². The normalized spacial score (nSPS) is 13.2. The fourth-order valence-electron chi connectivity index (χ4n) is 3.08. The Morgan fingerprint density at radius 3 is 2.48 bits per heavy atom. The van der Waals surface area contributed by atoms with Gasteiger partial charge >= 0.3 is 6.09 Å². The second-order valence-electron chi connectivity index (χ2n) is 6.84. The maximum Gasteiger partial charge on any atom is 0.407 e. The number of ether oxygens (including phenoxy) is 1. The van der Waals surface area contributed by atoms with Crippen molar-refractivity contribution in [2.45, 2.75) is 32.3 Å². The lowest BCUT2D eigenvalue weighted by Gasteiger charge is -2.16. The summed E-state index contributed by atoms with van der Waals surface area (Å²) >= 11 is 0. The van der Waals surface area contributed by atoms with Crippen LogP contribution in [0.15, 0.2) is 54.6 Å². The van der Waals surface area contributed by atoms with Crippen LogP contribution in [0.25, 0.3) is 0 Å². The van der Waals surface area contributed by atoms with Gasteiger partial charge in [-0.3, -0.25) is 9.59 Å². The van der Waals surface area contributed by atoms with Crippen molar-refractivity contribution >= 4 is 29.3 Å². The van der Waals surface area contributed by atoms with Gasteiger partial charge in [-0.05, 0) is 42.7 Å². The Kier molecular flexibility index (Phi) is 7.22. The summed E-state index contributed by atoms with van der Waals surface area (Å²) in [5.41, 5.74) is 2.45. The molecule has 0 atom stereocenters. The molecule has 3 amide bonds. The summed E-state index contributed by atoms with van der Waals surface area (Å²) in [6.07, 6.45) is 1.76. The van der Waals surface area contributed by atoms with E-state index in [-0.39, 0.29) is 24.8 Å². The molecular weight excluding hydrogens is 370 g/mol. The van der Waals surface area contributed by atoms with E-state index in [1.807, 2.05) is 42.5 Å². The molecule has 2 N–H and O–H groups in total. The van der Waals surface area contributed by atoms with Gasteiger partial charge < -0.3 is 20.3 Å². The predicted molar refractivity (Wildman–Crippen MR) is 111 cm³/mol. The zero-order valence-electron chi connectivity index (χ0n) is 16.2. The summed E-state index contributed by atoms with van der Waals surface area (Å²) in [5.74, 6) is 0.00559. The molecule has 1 fully saturated rings. The number of carbonyl (C=O) groups is 3. The van der Waals surface area contributed by atoms with Crippen LogP contribution in [0.3, 0.4) is 0 Å². The molecule has 1 aliphatic rings. The summed E-state index contributed by atoms with van der Waals surface area (Å²) in [6, 6.07) is 16.7. The van der Waals surface area contributed by atoms with Crippen molar-refractivity contribution in [1.29, 1.82) is 0 Å². The third-order valence-corrected chi connectivity index (χ3v) is 4.60. The fourth-order valence-corrected chi connectivity index (χ4v) is 3.08. The van der Waals surface area contributed by atoms with E-state index in [1.54, 1.807) is 17.0 Å². The lowest BCUT2D eigenvalue weighted by atomic mass is 10.2. The van der Waals surface area contributed by atoms with Crippen LogP contribution in [0.1, 0.15) is 31.2 Å². The van der Waals surface area contributed by atoms with Gasteiger partial charge in [-0.15, -0.1) is 0 Å². The maximum atomic E-state index is 12.0. The minimum absolute atomic E-state index is 0.130. The third-order valence-electron chi connectivity index (χ3n) is 4.60. The van der Waals surface area contributed by atoms with Gasteiger partial charge in [-0.1, -0.05) is 30.3 Å². The van der Waals surface area contributed by atoms with Crippen molar-refractivity contribution < 1.29 is 19.1 Å². The number of benzene rings is 2. The molecule has 152 valence electrons. The maximum absolute atomic E-state index is 12.0. The first-order chi connectivity index (χ1) is 14.1. The Morgan fingerprint density at radius 1 is 1.03 bits per heavy atom. The topological polar surface area (TPSA) is 87.7 Å². The fraction of sp³-hybridized carbons (Fsp3) is 0.318. The number of anilines is 2. The van der Waals surface area contributed by atoms with Gasteiger partial charge in [0.05, 0.1) is 0 Å². The smallest absolute Gasteiger partial charge is 0.407 e. The van der Waals surface area contributed by atoms with Crippen LogP contribution in [0, 0.1) is 0 Å². The lowest BCUT2D eigenvalue weighted by Crippen LogP contribution is -2.26. The molecule has 0 aromatic heterocycles. The number of carbonyl (C=O) groups excluding carboxylic acids is 3. The van der Waals surface area contributed by atoms with Crippen LogP contribution in [-0.2, 0) is 20.9 Å². The summed E-state index contributed by atoms with van der Waals surface area (Å²) < 4.78 is 5.11. The van der Waals surface area contributed by atoms with E-state index in [9.17, 15) is 14.4 Å². The largest absolute Gasteiger partial charge is 0.445 e. The number of rotatable bonds is 8. The molecule has 1 saturated heterocycles. The number of hydrogen-bond acceptors (Lipinski definition) is 4. The van der Waals surface area contributed by atoms with E-state index >= 15 is 0 Å². The van der Waals surface area contributed by atoms with Gasteiger partial charge in [-0.2, -0.15) is 0 Å². The first-order valence-electron chi connectivity index (χ1n) is 9.76. The molecule has 3 rings (SSSR count). The molecule has 0 unspecified atom stereocenters. The van der Waals surface area contributed by atoms with E-state index in [1.165, 1.54) is 0 Å². The Balaban J connectivity index is 1.31. The second-order valence-corrected chi connectivity index (χ2v) is 6.84. The minimum atomic E-state index is -0.499. The van der Waals surface area contributed by atoms with Crippen LogP contribution in [0.2, 0.25) is 0 Å². The molecular formula is C22H25N3O4. The summed E-state index contributed by atoms with van der Waals surface area (Å²) in [6.45, 7) is 1.31. The van der Waals surface area contributed by atoms with Gasteiger partial charge in [0, 0.05) is 37.3 Å². The molecule has 7 heteroatoms. The molecule has 0 saturated carbocycles. The molecule has 0 spiro atoms. The number of nitrogens with one attached hydrogen (secondary N) is 2. The van der Waals surface area contributed by atoms with E-state index in [2.05, 4.69) is 10.6 Å². The second kappa shape index (κ2) is 10.3. The van der Waals surface area contributed by atoms with Crippen LogP contribution in [0.5, 0.6) is 0 Å². The summed E-state index contributed by atoms with van der Waals surface area (Å²) in [7, 11) is 0. The van der Waals surface area contributed by atoms with Gasteiger partial charge in [0.1, 0.15) is 6.61 Å². The number of amides is 3. The van der Waals surface area contributed by atoms with E-state index < -0.39 is 6.09 Å². The SMILES string of the molecule is O=C(CCCNC(=O)OCc1ccccc1)Nc1ccc(N2CCCC2=O)cc1. The van der Waals surface area contributed by atoms with Crippen molar-refractivity contribution in [3.05, 3.63) is 60.2 Å². The van der Waals surface area contributed by atoms with Crippen molar-refractivity contribution in [3.63, 3.8) is 0 Å². The van der Waals surface area contributed by atoms with Crippen LogP contribution in [0.4, 0.5) is 16.2 Å². The number of hydrogen-bond donors (Lipinski definition) is 2. The molecule has 0 aliphatic carbocycles. The summed E-state index contributed by atoms with van der Waals surface area (Å²) in [4.78, 5) is 37.2. The van der Waals surface area contributed by atoms with Gasteiger partial charge in [-0.25, -0.2) is 4.79 Å². The van der Waals surface area contributed by atoms with Crippen LogP contribution < -0.4 is 15.5 Å². The zero-order chi connectivity index (χ0) is 20.5. The van der Waals surface area contributed by atoms with Crippen LogP contribution in [-0.4, -0.2) is 31.0 Å². The number of alkyl carbamates (subject to hydrolysis) is 1. The standard InChI is InChI=1S/C22H25N3O4/c26-20(8-4-14-23-22(28)29-16-17-6-2-1-3-7-17)24-18-10-12-19(13-11-18)25-15-5-9-21(25)27/h1-3,6-7,10-13H,4-5,8-9,14-16H2,(H,23,28)(H,24,26). The highest BCUT2D eigenvalue weighted by atomic mass is 16.5. The van der Waals surface area contributed by atoms with E-state index in [0.29, 0.717) is 25.1 Å². The zero-order valence-corrected chi connectivity index (χ0v) is 16.2. The molecule has 1 aliphatic heterocycles. The van der Waals surface area contributed by atoms with Gasteiger partial charge in [0.15, 0.2) is 0 Å². The first-order valence-corrected chi connectivity index (χ1v) is 9.76. The average molecular weight is 395 g/mol. The minimum Gasteiger partial charge on any atom is -0.445 e.